The monoisotopic (exact) mass is 692 g/mol. The Hall–Kier alpha value is -7.24. The number of nitrogens with zero attached hydrogens (tertiary/aromatic N) is 2. The van der Waals surface area contributed by atoms with Crippen LogP contribution in [-0.2, 0) is 5.41 Å². The summed E-state index contributed by atoms with van der Waals surface area (Å²) >= 11 is 0. The van der Waals surface area contributed by atoms with Gasteiger partial charge in [-0.05, 0) is 87.0 Å². The van der Waals surface area contributed by atoms with Crippen molar-refractivity contribution >= 4 is 27.8 Å². The maximum Gasteiger partial charge on any atom is 0.179 e. The van der Waals surface area contributed by atoms with Gasteiger partial charge in [-0.1, -0.05) is 121 Å². The van der Waals surface area contributed by atoms with Gasteiger partial charge >= 0.3 is 0 Å². The van der Waals surface area contributed by atoms with E-state index < -0.39 is 5.41 Å². The fraction of sp³-hybridized carbons (Fsp3) is 0.0204. The van der Waals surface area contributed by atoms with Crippen molar-refractivity contribution in [3.05, 3.63) is 198 Å². The Kier molecular flexibility index (Phi) is 5.92. The van der Waals surface area contributed by atoms with Crippen molar-refractivity contribution in [1.82, 2.24) is 9.97 Å². The minimum absolute atomic E-state index is 0.692. The summed E-state index contributed by atoms with van der Waals surface area (Å²) in [6, 6.07) is 56.7. The third kappa shape index (κ3) is 3.93. The van der Waals surface area contributed by atoms with Gasteiger partial charge in [0.15, 0.2) is 23.0 Å². The van der Waals surface area contributed by atoms with E-state index in [0.29, 0.717) is 17.3 Å². The van der Waals surface area contributed by atoms with Gasteiger partial charge in [-0.15, -0.1) is 0 Å². The molecule has 9 aromatic rings. The number of hydrogen-bond donors (Lipinski definition) is 0. The molecule has 0 saturated heterocycles. The van der Waals surface area contributed by atoms with Crippen LogP contribution in [0.2, 0.25) is 0 Å². The van der Waals surface area contributed by atoms with Crippen LogP contribution in [0.3, 0.4) is 0 Å². The van der Waals surface area contributed by atoms with Crippen LogP contribution in [0.15, 0.2) is 180 Å². The van der Waals surface area contributed by atoms with Crippen molar-refractivity contribution in [3.63, 3.8) is 0 Å². The lowest BCUT2D eigenvalue weighted by molar-refractivity contribution is 0.306. The van der Waals surface area contributed by atoms with Crippen molar-refractivity contribution < 1.29 is 13.9 Å². The van der Waals surface area contributed by atoms with Crippen molar-refractivity contribution in [2.45, 2.75) is 5.41 Å². The molecule has 1 aliphatic heterocycles. The molecule has 1 unspecified atom stereocenters. The molecule has 3 heterocycles. The summed E-state index contributed by atoms with van der Waals surface area (Å²) < 4.78 is 20.6. The maximum atomic E-state index is 6.94. The predicted octanol–water partition coefficient (Wildman–Crippen LogP) is 11.8. The molecule has 3 aliphatic rings. The maximum absolute atomic E-state index is 6.94. The molecule has 54 heavy (non-hydrogen) atoms. The number of para-hydroxylation sites is 5. The molecule has 2 aromatic heterocycles. The van der Waals surface area contributed by atoms with Gasteiger partial charge in [0.05, 0.1) is 28.5 Å². The van der Waals surface area contributed by atoms with Gasteiger partial charge in [-0.2, -0.15) is 0 Å². The molecule has 252 valence electrons. The van der Waals surface area contributed by atoms with Crippen LogP contribution in [0.1, 0.15) is 22.5 Å². The molecule has 12 rings (SSSR count). The molecule has 1 spiro atoms. The van der Waals surface area contributed by atoms with Crippen LogP contribution in [0.25, 0.3) is 72.4 Å². The van der Waals surface area contributed by atoms with Gasteiger partial charge in [0.1, 0.15) is 16.8 Å². The first-order chi connectivity index (χ1) is 26.8. The van der Waals surface area contributed by atoms with E-state index in [-0.39, 0.29) is 0 Å². The van der Waals surface area contributed by atoms with Crippen LogP contribution < -0.4 is 9.47 Å². The molecule has 0 fully saturated rings. The van der Waals surface area contributed by atoms with Crippen molar-refractivity contribution in [2.75, 3.05) is 0 Å². The zero-order valence-corrected chi connectivity index (χ0v) is 28.8. The molecule has 5 nitrogen and oxygen atoms in total. The van der Waals surface area contributed by atoms with E-state index in [2.05, 4.69) is 91.0 Å². The van der Waals surface area contributed by atoms with Crippen molar-refractivity contribution in [2.24, 2.45) is 0 Å². The van der Waals surface area contributed by atoms with E-state index in [1.54, 1.807) is 0 Å². The second-order valence-electron chi connectivity index (χ2n) is 14.0. The Balaban J connectivity index is 1.07. The van der Waals surface area contributed by atoms with E-state index in [1.807, 2.05) is 79.0 Å². The molecular weight excluding hydrogens is 665 g/mol. The summed E-state index contributed by atoms with van der Waals surface area (Å²) in [4.78, 5) is 9.78. The number of ether oxygens (including phenoxy) is 2. The highest BCUT2D eigenvalue weighted by molar-refractivity contribution is 6.01. The number of aromatic nitrogens is 2. The first-order valence-corrected chi connectivity index (χ1v) is 18.1. The molecule has 1 atom stereocenters. The number of hydrogen-bond acceptors (Lipinski definition) is 5. The van der Waals surface area contributed by atoms with Gasteiger partial charge in [-0.25, -0.2) is 4.98 Å². The van der Waals surface area contributed by atoms with Gasteiger partial charge in [0.25, 0.3) is 0 Å². The third-order valence-corrected chi connectivity index (χ3v) is 11.2. The Labute approximate surface area is 310 Å². The molecule has 0 bridgehead atoms. The lowest BCUT2D eigenvalue weighted by Crippen LogP contribution is -2.31. The molecule has 5 heteroatoms. The zero-order valence-electron chi connectivity index (χ0n) is 28.8. The summed E-state index contributed by atoms with van der Waals surface area (Å²) in [7, 11) is 0. The van der Waals surface area contributed by atoms with E-state index in [0.717, 1.165) is 94.9 Å². The van der Waals surface area contributed by atoms with Crippen LogP contribution in [-0.4, -0.2) is 9.97 Å². The van der Waals surface area contributed by atoms with E-state index in [1.165, 1.54) is 0 Å². The average Bonchev–Trinajstić information content (AvgIpc) is 3.86. The van der Waals surface area contributed by atoms with Gasteiger partial charge in [0, 0.05) is 10.9 Å². The van der Waals surface area contributed by atoms with E-state index >= 15 is 0 Å². The molecule has 0 N–H and O–H groups in total. The molecule has 7 aromatic carbocycles. The van der Waals surface area contributed by atoms with Gasteiger partial charge < -0.3 is 13.9 Å². The second-order valence-corrected chi connectivity index (χ2v) is 14.0. The minimum atomic E-state index is -0.838. The topological polar surface area (TPSA) is 57.4 Å². The standard InChI is InChI=1S/C49H28N2O3/c1-2-12-29(13-3-1)35-26-30(22-24-33(35)41-28-50-39-17-7-8-18-40(39)51-41)31-23-25-38-36(27-31)32-14-4-6-16-37(32)49(38)47-45(34-15-5-9-19-42(34)53-47)46-48(49)54-44-21-11-10-20-43(44)52-46/h1-28H. The molecule has 0 amide bonds. The number of furan rings is 1. The Morgan fingerprint density at radius 1 is 0.481 bits per heavy atom. The Morgan fingerprint density at radius 3 is 2.06 bits per heavy atom. The average molecular weight is 693 g/mol. The molecule has 0 radical (unpaired) electrons. The lowest BCUT2D eigenvalue weighted by atomic mass is 9.76. The lowest BCUT2D eigenvalue weighted by Gasteiger charge is -2.31. The molecule has 2 aliphatic carbocycles. The number of benzene rings is 7. The third-order valence-electron chi connectivity index (χ3n) is 11.2. The van der Waals surface area contributed by atoms with Gasteiger partial charge in [-0.3, -0.25) is 4.98 Å². The largest absolute Gasteiger partial charge is 0.458 e. The normalized spacial score (nSPS) is 16.1. The molecular formula is C49H28N2O3. The highest BCUT2D eigenvalue weighted by Gasteiger charge is 2.60. The highest BCUT2D eigenvalue weighted by atomic mass is 16.6. The number of allylic oxidation sites excluding steroid dienone is 1. The summed E-state index contributed by atoms with van der Waals surface area (Å²) in [5.74, 6) is 3.66. The van der Waals surface area contributed by atoms with Crippen molar-refractivity contribution in [1.29, 1.82) is 0 Å². The minimum Gasteiger partial charge on any atom is -0.458 e. The van der Waals surface area contributed by atoms with Crippen molar-refractivity contribution in [3.8, 4) is 56.1 Å². The second kappa shape index (κ2) is 10.9. The smallest absolute Gasteiger partial charge is 0.179 e. The SMILES string of the molecule is c1ccc(-c2cc(-c3ccc4c(c3)-c3ccccc3C43C4=C(Oc5ccccc5O4)c4c3oc3ccccc43)ccc2-c2cnc3ccccc3n2)cc1. The first kappa shape index (κ1) is 29.3. The first-order valence-electron chi connectivity index (χ1n) is 18.1. The van der Waals surface area contributed by atoms with Crippen LogP contribution in [0.4, 0.5) is 0 Å². The summed E-state index contributed by atoms with van der Waals surface area (Å²) in [6.07, 6.45) is 1.88. The predicted molar refractivity (Wildman–Crippen MR) is 212 cm³/mol. The molecule has 0 saturated carbocycles. The summed E-state index contributed by atoms with van der Waals surface area (Å²) in [5, 5.41) is 1.01. The van der Waals surface area contributed by atoms with E-state index in [4.69, 9.17) is 23.9 Å². The Morgan fingerprint density at radius 2 is 1.17 bits per heavy atom. The summed E-state index contributed by atoms with van der Waals surface area (Å²) in [5.41, 5.74) is 13.5. The van der Waals surface area contributed by atoms with Crippen LogP contribution in [0.5, 0.6) is 11.5 Å². The zero-order chi connectivity index (χ0) is 35.4. The summed E-state index contributed by atoms with van der Waals surface area (Å²) in [6.45, 7) is 0. The quantitative estimate of drug-likeness (QED) is 0.184. The van der Waals surface area contributed by atoms with Gasteiger partial charge in [0.2, 0.25) is 0 Å². The Bertz CT molecular complexity index is 3070. The highest BCUT2D eigenvalue weighted by Crippen LogP contribution is 2.65. The van der Waals surface area contributed by atoms with E-state index in [9.17, 15) is 0 Å². The number of rotatable bonds is 3. The number of fused-ring (bicyclic) bond motifs is 13. The fourth-order valence-corrected chi connectivity index (χ4v) is 8.82. The fourth-order valence-electron chi connectivity index (χ4n) is 8.82. The van der Waals surface area contributed by atoms with Crippen LogP contribution in [0, 0.1) is 0 Å². The van der Waals surface area contributed by atoms with Crippen LogP contribution >= 0.6 is 0 Å².